The first-order chi connectivity index (χ1) is 7.27. The molecule has 74 valence electrons. The number of aromatic nitrogens is 1. The van der Waals surface area contributed by atoms with E-state index in [1.807, 2.05) is 0 Å². The van der Waals surface area contributed by atoms with Crippen LogP contribution in [0.4, 0.5) is 0 Å². The first-order valence-electron chi connectivity index (χ1n) is 5.24. The molecule has 0 saturated carbocycles. The zero-order valence-corrected chi connectivity index (χ0v) is 8.99. The second-order valence-corrected chi connectivity index (χ2v) is 4.08. The van der Waals surface area contributed by atoms with Gasteiger partial charge in [-0.05, 0) is 43.0 Å². The summed E-state index contributed by atoms with van der Waals surface area (Å²) in [6.07, 6.45) is 0. The van der Waals surface area contributed by atoms with E-state index < -0.39 is 0 Å². The molecule has 2 aromatic heterocycles. The highest BCUT2D eigenvalue weighted by molar-refractivity contribution is 5.85. The number of fused-ring (bicyclic) bond motifs is 3. The van der Waals surface area contributed by atoms with Crippen molar-refractivity contribution in [2.45, 2.75) is 13.8 Å². The third-order valence-electron chi connectivity index (χ3n) is 3.03. The number of rotatable bonds is 0. The lowest BCUT2D eigenvalue weighted by Crippen LogP contribution is -1.92. The van der Waals surface area contributed by atoms with Gasteiger partial charge < -0.3 is 4.40 Å². The van der Waals surface area contributed by atoms with Crippen molar-refractivity contribution in [2.75, 3.05) is 0 Å². The monoisotopic (exact) mass is 195 g/mol. The highest BCUT2D eigenvalue weighted by Crippen LogP contribution is 2.22. The molecule has 0 radical (unpaired) electrons. The van der Waals surface area contributed by atoms with Crippen LogP contribution in [0.25, 0.3) is 16.4 Å². The molecule has 0 spiro atoms. The maximum Gasteiger partial charge on any atom is 0.0559 e. The number of hydrogen-bond acceptors (Lipinski definition) is 0. The molecule has 0 fully saturated rings. The number of para-hydroxylation sites is 1. The molecule has 0 saturated heterocycles. The molecule has 1 aromatic carbocycles. The minimum Gasteiger partial charge on any atom is -0.314 e. The predicted octanol–water partition coefficient (Wildman–Crippen LogP) is 3.71. The molecule has 0 amide bonds. The van der Waals surface area contributed by atoms with Crippen molar-refractivity contribution in [3.05, 3.63) is 53.7 Å². The Kier molecular flexibility index (Phi) is 1.63. The molecular formula is C14H13N. The fourth-order valence-corrected chi connectivity index (χ4v) is 2.29. The minimum atomic E-state index is 1.27. The molecule has 0 N–H and O–H groups in total. The summed E-state index contributed by atoms with van der Waals surface area (Å²) in [5.74, 6) is 0. The minimum absolute atomic E-state index is 1.27. The first kappa shape index (κ1) is 8.54. The average Bonchev–Trinajstić information content (AvgIpc) is 2.61. The van der Waals surface area contributed by atoms with Gasteiger partial charge in [-0.3, -0.25) is 0 Å². The summed E-state index contributed by atoms with van der Waals surface area (Å²) in [5.41, 5.74) is 5.23. The number of benzene rings is 1. The molecule has 0 unspecified atom stereocenters. The topological polar surface area (TPSA) is 4.41 Å². The van der Waals surface area contributed by atoms with Gasteiger partial charge in [0.2, 0.25) is 0 Å². The van der Waals surface area contributed by atoms with Gasteiger partial charge in [-0.2, -0.15) is 0 Å². The highest BCUT2D eigenvalue weighted by Gasteiger charge is 2.03. The zero-order valence-electron chi connectivity index (χ0n) is 8.99. The molecule has 3 rings (SSSR count). The summed E-state index contributed by atoms with van der Waals surface area (Å²) in [5, 5.41) is 1.31. The van der Waals surface area contributed by atoms with Crippen LogP contribution in [0, 0.1) is 13.8 Å². The van der Waals surface area contributed by atoms with Crippen molar-refractivity contribution >= 4 is 16.4 Å². The molecule has 2 heterocycles. The maximum absolute atomic E-state index is 2.32. The van der Waals surface area contributed by atoms with Crippen LogP contribution in [0.2, 0.25) is 0 Å². The van der Waals surface area contributed by atoms with Gasteiger partial charge in [0.25, 0.3) is 0 Å². The van der Waals surface area contributed by atoms with E-state index in [9.17, 15) is 0 Å². The number of pyridine rings is 1. The number of aryl methyl sites for hydroxylation is 2. The summed E-state index contributed by atoms with van der Waals surface area (Å²) >= 11 is 0. The molecule has 0 aliphatic carbocycles. The smallest absolute Gasteiger partial charge is 0.0559 e. The molecule has 3 aromatic rings. The van der Waals surface area contributed by atoms with Gasteiger partial charge in [0.1, 0.15) is 0 Å². The Bertz CT molecular complexity index is 647. The third kappa shape index (κ3) is 1.09. The van der Waals surface area contributed by atoms with Gasteiger partial charge in [-0.25, -0.2) is 0 Å². The zero-order chi connectivity index (χ0) is 10.4. The van der Waals surface area contributed by atoms with E-state index in [-0.39, 0.29) is 0 Å². The van der Waals surface area contributed by atoms with Crippen molar-refractivity contribution in [1.82, 2.24) is 4.40 Å². The summed E-state index contributed by atoms with van der Waals surface area (Å²) in [6.45, 7) is 4.32. The van der Waals surface area contributed by atoms with Crippen LogP contribution in [0.1, 0.15) is 11.3 Å². The predicted molar refractivity (Wildman–Crippen MR) is 64.4 cm³/mol. The largest absolute Gasteiger partial charge is 0.314 e. The van der Waals surface area contributed by atoms with Crippen LogP contribution in [0.3, 0.4) is 0 Å². The Morgan fingerprint density at radius 1 is 0.867 bits per heavy atom. The Morgan fingerprint density at radius 3 is 2.53 bits per heavy atom. The Morgan fingerprint density at radius 2 is 1.67 bits per heavy atom. The fraction of sp³-hybridized carbons (Fsp3) is 0.143. The standard InChI is InChI=1S/C14H13N/c1-10-4-3-5-12-7-9-13-8-6-11(2)15(13)14(10)12/h3-9H,1-2H3. The SMILES string of the molecule is Cc1cccc2ccc3ccc(C)n3c12. The number of hydrogen-bond donors (Lipinski definition) is 0. The van der Waals surface area contributed by atoms with Gasteiger partial charge in [0.05, 0.1) is 5.52 Å². The Labute approximate surface area is 89.0 Å². The van der Waals surface area contributed by atoms with Crippen LogP contribution in [-0.4, -0.2) is 4.40 Å². The molecule has 0 aliphatic heterocycles. The first-order valence-corrected chi connectivity index (χ1v) is 5.24. The van der Waals surface area contributed by atoms with E-state index in [4.69, 9.17) is 0 Å². The van der Waals surface area contributed by atoms with Gasteiger partial charge in [0, 0.05) is 11.2 Å². The quantitative estimate of drug-likeness (QED) is 0.515. The van der Waals surface area contributed by atoms with Crippen molar-refractivity contribution in [3.8, 4) is 0 Å². The average molecular weight is 195 g/mol. The van der Waals surface area contributed by atoms with E-state index in [0.717, 1.165) is 0 Å². The van der Waals surface area contributed by atoms with Crippen molar-refractivity contribution in [2.24, 2.45) is 0 Å². The van der Waals surface area contributed by atoms with E-state index in [2.05, 4.69) is 60.7 Å². The molecule has 0 atom stereocenters. The van der Waals surface area contributed by atoms with Gasteiger partial charge in [-0.1, -0.05) is 24.3 Å². The summed E-state index contributed by atoms with van der Waals surface area (Å²) in [4.78, 5) is 0. The normalized spacial score (nSPS) is 11.3. The van der Waals surface area contributed by atoms with Gasteiger partial charge in [-0.15, -0.1) is 0 Å². The fourth-order valence-electron chi connectivity index (χ4n) is 2.29. The Balaban J connectivity index is 2.68. The van der Waals surface area contributed by atoms with Crippen LogP contribution >= 0.6 is 0 Å². The second kappa shape index (κ2) is 2.86. The van der Waals surface area contributed by atoms with Crippen LogP contribution in [0.5, 0.6) is 0 Å². The molecule has 0 aliphatic rings. The third-order valence-corrected chi connectivity index (χ3v) is 3.03. The maximum atomic E-state index is 2.32. The molecule has 1 heteroatoms. The lowest BCUT2D eigenvalue weighted by atomic mass is 10.1. The van der Waals surface area contributed by atoms with Gasteiger partial charge >= 0.3 is 0 Å². The van der Waals surface area contributed by atoms with Crippen molar-refractivity contribution in [1.29, 1.82) is 0 Å². The lowest BCUT2D eigenvalue weighted by molar-refractivity contribution is 1.16. The summed E-state index contributed by atoms with van der Waals surface area (Å²) in [6, 6.07) is 15.2. The Hall–Kier alpha value is -1.76. The van der Waals surface area contributed by atoms with E-state index in [1.54, 1.807) is 0 Å². The molecule has 15 heavy (non-hydrogen) atoms. The van der Waals surface area contributed by atoms with Gasteiger partial charge in [0.15, 0.2) is 0 Å². The number of nitrogens with zero attached hydrogens (tertiary/aromatic N) is 1. The van der Waals surface area contributed by atoms with Crippen LogP contribution in [0.15, 0.2) is 42.5 Å². The highest BCUT2D eigenvalue weighted by atomic mass is 14.9. The van der Waals surface area contributed by atoms with Crippen LogP contribution in [-0.2, 0) is 0 Å². The molecule has 0 bridgehead atoms. The lowest BCUT2D eigenvalue weighted by Gasteiger charge is -2.07. The van der Waals surface area contributed by atoms with Crippen LogP contribution < -0.4 is 0 Å². The van der Waals surface area contributed by atoms with Crippen molar-refractivity contribution < 1.29 is 0 Å². The van der Waals surface area contributed by atoms with E-state index in [0.29, 0.717) is 0 Å². The molecular weight excluding hydrogens is 182 g/mol. The summed E-state index contributed by atoms with van der Waals surface area (Å²) in [7, 11) is 0. The van der Waals surface area contributed by atoms with E-state index >= 15 is 0 Å². The summed E-state index contributed by atoms with van der Waals surface area (Å²) < 4.78 is 2.32. The second-order valence-electron chi connectivity index (χ2n) is 4.08. The molecule has 1 nitrogen and oxygen atoms in total. The van der Waals surface area contributed by atoms with E-state index in [1.165, 1.54) is 27.7 Å². The van der Waals surface area contributed by atoms with Crippen molar-refractivity contribution in [3.63, 3.8) is 0 Å².